The van der Waals surface area contributed by atoms with Gasteiger partial charge < -0.3 is 14.8 Å². The van der Waals surface area contributed by atoms with Crippen molar-refractivity contribution in [2.75, 3.05) is 20.3 Å². The van der Waals surface area contributed by atoms with Crippen LogP contribution in [0.25, 0.3) is 0 Å². The molecule has 1 aliphatic carbocycles. The average Bonchev–Trinajstić information content (AvgIpc) is 2.51. The molecule has 0 aromatic heterocycles. The third-order valence-electron chi connectivity index (χ3n) is 4.45. The van der Waals surface area contributed by atoms with Gasteiger partial charge in [-0.15, -0.1) is 0 Å². The van der Waals surface area contributed by atoms with E-state index in [1.165, 1.54) is 31.2 Å². The Kier molecular flexibility index (Phi) is 6.52. The molecule has 1 fully saturated rings. The molecule has 0 heterocycles. The molecule has 1 N–H and O–H groups in total. The molecule has 1 saturated carbocycles. The van der Waals surface area contributed by atoms with Crippen LogP contribution in [0.3, 0.4) is 0 Å². The zero-order valence-electron chi connectivity index (χ0n) is 13.6. The van der Waals surface area contributed by atoms with Crippen molar-refractivity contribution in [3.8, 4) is 5.75 Å². The summed E-state index contributed by atoms with van der Waals surface area (Å²) < 4.78 is 11.7. The van der Waals surface area contributed by atoms with Crippen LogP contribution in [0.4, 0.5) is 0 Å². The van der Waals surface area contributed by atoms with Crippen molar-refractivity contribution in [3.63, 3.8) is 0 Å². The predicted molar refractivity (Wildman–Crippen MR) is 86.8 cm³/mol. The van der Waals surface area contributed by atoms with E-state index in [9.17, 15) is 0 Å². The fraction of sp³-hybridized carbons (Fsp3) is 0.667. The van der Waals surface area contributed by atoms with Gasteiger partial charge in [0.15, 0.2) is 0 Å². The molecule has 0 spiro atoms. The Morgan fingerprint density at radius 2 is 1.90 bits per heavy atom. The second-order valence-electron chi connectivity index (χ2n) is 5.98. The molecule has 3 heteroatoms. The van der Waals surface area contributed by atoms with Gasteiger partial charge in [-0.25, -0.2) is 0 Å². The van der Waals surface area contributed by atoms with E-state index in [0.717, 1.165) is 12.4 Å². The van der Waals surface area contributed by atoms with Crippen LogP contribution in [-0.4, -0.2) is 26.4 Å². The maximum absolute atomic E-state index is 6.19. The highest BCUT2D eigenvalue weighted by Gasteiger charge is 2.23. The van der Waals surface area contributed by atoms with Gasteiger partial charge in [0.05, 0.1) is 25.4 Å². The van der Waals surface area contributed by atoms with Crippen LogP contribution in [0.15, 0.2) is 24.3 Å². The van der Waals surface area contributed by atoms with Crippen LogP contribution in [0.2, 0.25) is 0 Å². The predicted octanol–water partition coefficient (Wildman–Crippen LogP) is 3.94. The average molecular weight is 291 g/mol. The number of hydrogen-bond donors (Lipinski definition) is 1. The minimum atomic E-state index is 0.245. The zero-order chi connectivity index (χ0) is 15.1. The molecule has 0 amide bonds. The first-order chi connectivity index (χ1) is 10.2. The number of ether oxygens (including phenoxy) is 2. The first-order valence-corrected chi connectivity index (χ1v) is 8.26. The van der Waals surface area contributed by atoms with Gasteiger partial charge in [0.25, 0.3) is 0 Å². The summed E-state index contributed by atoms with van der Waals surface area (Å²) in [5, 5.41) is 3.36. The normalized spacial score (nSPS) is 23.8. The van der Waals surface area contributed by atoms with Gasteiger partial charge in [0, 0.05) is 0 Å². The molecule has 3 nitrogen and oxygen atoms in total. The number of nitrogens with one attached hydrogen (secondary N) is 1. The minimum Gasteiger partial charge on any atom is -0.494 e. The number of hydrogen-bond acceptors (Lipinski definition) is 3. The summed E-state index contributed by atoms with van der Waals surface area (Å²) in [6.45, 7) is 5.76. The van der Waals surface area contributed by atoms with E-state index in [2.05, 4.69) is 24.4 Å². The molecule has 1 aromatic rings. The van der Waals surface area contributed by atoms with E-state index < -0.39 is 0 Å². The van der Waals surface area contributed by atoms with Gasteiger partial charge in [-0.2, -0.15) is 0 Å². The minimum absolute atomic E-state index is 0.245. The molecule has 1 aromatic carbocycles. The first-order valence-electron chi connectivity index (χ1n) is 8.26. The molecule has 3 atom stereocenters. The summed E-state index contributed by atoms with van der Waals surface area (Å²) in [5.41, 5.74) is 1.25. The van der Waals surface area contributed by atoms with Crippen LogP contribution in [0, 0.1) is 5.92 Å². The van der Waals surface area contributed by atoms with Gasteiger partial charge >= 0.3 is 0 Å². The van der Waals surface area contributed by atoms with Crippen molar-refractivity contribution in [2.45, 2.75) is 51.7 Å². The van der Waals surface area contributed by atoms with Crippen LogP contribution >= 0.6 is 0 Å². The lowest BCUT2D eigenvalue weighted by atomic mass is 9.88. The van der Waals surface area contributed by atoms with Gasteiger partial charge in [0.1, 0.15) is 5.75 Å². The fourth-order valence-corrected chi connectivity index (χ4v) is 3.06. The topological polar surface area (TPSA) is 30.5 Å². The summed E-state index contributed by atoms with van der Waals surface area (Å²) in [6.07, 6.45) is 5.61. The molecule has 3 unspecified atom stereocenters. The molecular weight excluding hydrogens is 262 g/mol. The van der Waals surface area contributed by atoms with Crippen LogP contribution < -0.4 is 10.1 Å². The second-order valence-corrected chi connectivity index (χ2v) is 5.98. The molecule has 118 valence electrons. The van der Waals surface area contributed by atoms with Crippen molar-refractivity contribution >= 4 is 0 Å². The lowest BCUT2D eigenvalue weighted by Crippen LogP contribution is -2.30. The highest BCUT2D eigenvalue weighted by Crippen LogP contribution is 2.27. The van der Waals surface area contributed by atoms with E-state index >= 15 is 0 Å². The molecule has 0 aliphatic heterocycles. The monoisotopic (exact) mass is 291 g/mol. The quantitative estimate of drug-likeness (QED) is 0.825. The largest absolute Gasteiger partial charge is 0.494 e. The van der Waals surface area contributed by atoms with Crippen LogP contribution in [0.5, 0.6) is 5.75 Å². The zero-order valence-corrected chi connectivity index (χ0v) is 13.6. The summed E-state index contributed by atoms with van der Waals surface area (Å²) in [4.78, 5) is 0. The third-order valence-corrected chi connectivity index (χ3v) is 4.45. The summed E-state index contributed by atoms with van der Waals surface area (Å²) >= 11 is 0. The Morgan fingerprint density at radius 1 is 1.19 bits per heavy atom. The number of benzene rings is 1. The Bertz CT molecular complexity index is 404. The lowest BCUT2D eigenvalue weighted by molar-refractivity contribution is -0.0145. The number of rotatable bonds is 7. The second kappa shape index (κ2) is 8.40. The van der Waals surface area contributed by atoms with E-state index in [-0.39, 0.29) is 6.04 Å². The smallest absolute Gasteiger partial charge is 0.119 e. The van der Waals surface area contributed by atoms with Crippen molar-refractivity contribution in [3.05, 3.63) is 29.8 Å². The molecule has 0 saturated heterocycles. The van der Waals surface area contributed by atoms with Gasteiger partial charge in [-0.3, -0.25) is 0 Å². The van der Waals surface area contributed by atoms with Crippen LogP contribution in [0.1, 0.15) is 51.1 Å². The molecule has 1 aliphatic rings. The number of likely N-dealkylation sites (N-methyl/N-ethyl adjacent to an activating group) is 1. The van der Waals surface area contributed by atoms with Gasteiger partial charge in [-0.05, 0) is 50.4 Å². The van der Waals surface area contributed by atoms with Crippen molar-refractivity contribution in [2.24, 2.45) is 5.92 Å². The van der Waals surface area contributed by atoms with Gasteiger partial charge in [-0.1, -0.05) is 31.9 Å². The van der Waals surface area contributed by atoms with E-state index in [0.29, 0.717) is 18.6 Å². The molecule has 2 rings (SSSR count). The summed E-state index contributed by atoms with van der Waals surface area (Å²) in [6, 6.07) is 8.56. The van der Waals surface area contributed by atoms with E-state index in [1.807, 2.05) is 26.1 Å². The standard InChI is InChI=1S/C18H29NO2/c1-4-20-16-11-9-15(10-12-16)17(19-3)13-21-18-8-6-5-7-14(18)2/h9-12,14,17-19H,4-8,13H2,1-3H3. The Hall–Kier alpha value is -1.06. The summed E-state index contributed by atoms with van der Waals surface area (Å²) in [5.74, 6) is 1.62. The molecule has 0 radical (unpaired) electrons. The van der Waals surface area contributed by atoms with Crippen molar-refractivity contribution < 1.29 is 9.47 Å². The molecule has 21 heavy (non-hydrogen) atoms. The highest BCUT2D eigenvalue weighted by atomic mass is 16.5. The first kappa shape index (κ1) is 16.3. The maximum atomic E-state index is 6.19. The Balaban J connectivity index is 1.89. The summed E-state index contributed by atoms with van der Waals surface area (Å²) in [7, 11) is 1.99. The third kappa shape index (κ3) is 4.72. The molecule has 0 bridgehead atoms. The van der Waals surface area contributed by atoms with Gasteiger partial charge in [0.2, 0.25) is 0 Å². The van der Waals surface area contributed by atoms with E-state index in [1.54, 1.807) is 0 Å². The fourth-order valence-electron chi connectivity index (χ4n) is 3.06. The van der Waals surface area contributed by atoms with Crippen molar-refractivity contribution in [1.29, 1.82) is 0 Å². The Labute approximate surface area is 129 Å². The maximum Gasteiger partial charge on any atom is 0.119 e. The highest BCUT2D eigenvalue weighted by molar-refractivity contribution is 5.29. The lowest BCUT2D eigenvalue weighted by Gasteiger charge is -2.30. The van der Waals surface area contributed by atoms with Crippen LogP contribution in [-0.2, 0) is 4.74 Å². The molecular formula is C18H29NO2. The van der Waals surface area contributed by atoms with E-state index in [4.69, 9.17) is 9.47 Å². The Morgan fingerprint density at radius 3 is 2.52 bits per heavy atom. The van der Waals surface area contributed by atoms with Crippen molar-refractivity contribution in [1.82, 2.24) is 5.32 Å². The SMILES string of the molecule is CCOc1ccc(C(COC2CCCCC2C)NC)cc1.